The average molecular weight is 383 g/mol. The van der Waals surface area contributed by atoms with Crippen molar-refractivity contribution in [2.45, 2.75) is 6.42 Å². The fourth-order valence-corrected chi connectivity index (χ4v) is 2.90. The van der Waals surface area contributed by atoms with Crippen molar-refractivity contribution < 1.29 is 9.47 Å². The molecule has 1 aliphatic rings. The molecule has 0 amide bonds. The van der Waals surface area contributed by atoms with E-state index in [2.05, 4.69) is 20.6 Å². The Labute approximate surface area is 162 Å². The van der Waals surface area contributed by atoms with Gasteiger partial charge in [0.1, 0.15) is 31.2 Å². The molecule has 2 N–H and O–H groups in total. The lowest BCUT2D eigenvalue weighted by Gasteiger charge is -2.19. The van der Waals surface area contributed by atoms with Gasteiger partial charge < -0.3 is 20.1 Å². The van der Waals surface area contributed by atoms with Crippen LogP contribution in [0, 0.1) is 0 Å². The van der Waals surface area contributed by atoms with E-state index in [1.165, 1.54) is 11.9 Å². The highest BCUT2D eigenvalue weighted by atomic mass is 35.5. The number of aromatic nitrogens is 2. The molecule has 1 aromatic heterocycles. The van der Waals surface area contributed by atoms with Gasteiger partial charge in [0.15, 0.2) is 11.5 Å². The number of hydrogen-bond acceptors (Lipinski definition) is 6. The Bertz CT molecular complexity index is 918. The van der Waals surface area contributed by atoms with Crippen LogP contribution < -0.4 is 20.1 Å². The summed E-state index contributed by atoms with van der Waals surface area (Å²) in [6, 6.07) is 15.5. The van der Waals surface area contributed by atoms with Crippen LogP contribution in [0.4, 0.5) is 17.3 Å². The second-order valence-electron chi connectivity index (χ2n) is 6.08. The van der Waals surface area contributed by atoms with E-state index < -0.39 is 0 Å². The maximum atomic E-state index is 5.91. The third-order valence-corrected chi connectivity index (χ3v) is 4.37. The minimum atomic E-state index is 0.561. The molecule has 0 bridgehead atoms. The Hall–Kier alpha value is -2.99. The van der Waals surface area contributed by atoms with Crippen LogP contribution in [0.25, 0.3) is 0 Å². The monoisotopic (exact) mass is 382 g/mol. The maximum absolute atomic E-state index is 5.91. The molecule has 0 aliphatic carbocycles. The van der Waals surface area contributed by atoms with Gasteiger partial charge in [0.2, 0.25) is 0 Å². The summed E-state index contributed by atoms with van der Waals surface area (Å²) in [5.41, 5.74) is 2.10. The van der Waals surface area contributed by atoms with Crippen LogP contribution >= 0.6 is 11.6 Å². The summed E-state index contributed by atoms with van der Waals surface area (Å²) in [4.78, 5) is 8.54. The van der Waals surface area contributed by atoms with Crippen LogP contribution in [0.3, 0.4) is 0 Å². The Balaban J connectivity index is 1.36. The van der Waals surface area contributed by atoms with Gasteiger partial charge in [0.25, 0.3) is 0 Å². The first kappa shape index (κ1) is 17.4. The first-order chi connectivity index (χ1) is 13.3. The minimum absolute atomic E-state index is 0.561. The summed E-state index contributed by atoms with van der Waals surface area (Å²) in [6.45, 7) is 1.91. The normalized spacial score (nSPS) is 12.5. The molecule has 0 radical (unpaired) electrons. The number of hydrogen-bond donors (Lipinski definition) is 2. The van der Waals surface area contributed by atoms with Gasteiger partial charge in [0.05, 0.1) is 0 Å². The summed E-state index contributed by atoms with van der Waals surface area (Å²) in [5.74, 6) is 2.97. The molecule has 0 saturated carbocycles. The average Bonchev–Trinajstić information content (AvgIpc) is 2.70. The van der Waals surface area contributed by atoms with E-state index in [-0.39, 0.29) is 0 Å². The molecular formula is C20H19ClN4O2. The van der Waals surface area contributed by atoms with E-state index >= 15 is 0 Å². The molecule has 2 aromatic carbocycles. The number of rotatable bonds is 6. The Morgan fingerprint density at radius 2 is 1.67 bits per heavy atom. The second kappa shape index (κ2) is 8.14. The van der Waals surface area contributed by atoms with Gasteiger partial charge >= 0.3 is 0 Å². The number of benzene rings is 2. The molecular weight excluding hydrogens is 364 g/mol. The predicted molar refractivity (Wildman–Crippen MR) is 106 cm³/mol. The zero-order chi connectivity index (χ0) is 18.5. The van der Waals surface area contributed by atoms with Crippen molar-refractivity contribution >= 4 is 28.9 Å². The molecule has 6 nitrogen and oxygen atoms in total. The zero-order valence-electron chi connectivity index (χ0n) is 14.6. The highest BCUT2D eigenvalue weighted by Crippen LogP contribution is 2.33. The van der Waals surface area contributed by atoms with Crippen molar-refractivity contribution in [3.63, 3.8) is 0 Å². The van der Waals surface area contributed by atoms with E-state index in [0.717, 1.165) is 41.0 Å². The summed E-state index contributed by atoms with van der Waals surface area (Å²) in [5, 5.41) is 7.33. The van der Waals surface area contributed by atoms with E-state index in [1.54, 1.807) is 0 Å². The quantitative estimate of drug-likeness (QED) is 0.662. The van der Waals surface area contributed by atoms with Gasteiger partial charge in [-0.05, 0) is 36.2 Å². The lowest BCUT2D eigenvalue weighted by atomic mass is 10.1. The van der Waals surface area contributed by atoms with Crippen molar-refractivity contribution in [3.05, 3.63) is 65.4 Å². The molecule has 138 valence electrons. The molecule has 4 rings (SSSR count). The van der Waals surface area contributed by atoms with Gasteiger partial charge in [-0.3, -0.25) is 0 Å². The zero-order valence-corrected chi connectivity index (χ0v) is 15.4. The van der Waals surface area contributed by atoms with Gasteiger partial charge in [-0.2, -0.15) is 0 Å². The standard InChI is InChI=1S/C20H19ClN4O2/c21-15-3-1-14(2-4-15)7-8-22-19-12-20(24-13-23-19)25-16-5-6-17-18(11-16)27-10-9-26-17/h1-6,11-13H,7-10H2,(H2,22,23,24,25). The molecule has 7 heteroatoms. The number of anilines is 3. The van der Waals surface area contributed by atoms with Crippen molar-refractivity contribution in [1.29, 1.82) is 0 Å². The molecule has 2 heterocycles. The number of halogens is 1. The molecule has 0 spiro atoms. The molecule has 0 saturated heterocycles. The van der Waals surface area contributed by atoms with E-state index in [1.807, 2.05) is 48.5 Å². The third-order valence-electron chi connectivity index (χ3n) is 4.11. The summed E-state index contributed by atoms with van der Waals surface area (Å²) in [6.07, 6.45) is 2.41. The SMILES string of the molecule is Clc1ccc(CCNc2cc(Nc3ccc4c(c3)OCCO4)ncn2)cc1. The Morgan fingerprint density at radius 1 is 0.889 bits per heavy atom. The van der Waals surface area contributed by atoms with Crippen molar-refractivity contribution in [3.8, 4) is 11.5 Å². The van der Waals surface area contributed by atoms with Crippen LogP contribution in [0.15, 0.2) is 54.9 Å². The summed E-state index contributed by atoms with van der Waals surface area (Å²) < 4.78 is 11.1. The van der Waals surface area contributed by atoms with E-state index in [0.29, 0.717) is 19.0 Å². The van der Waals surface area contributed by atoms with Crippen molar-refractivity contribution in [2.24, 2.45) is 0 Å². The Kier molecular flexibility index (Phi) is 5.25. The highest BCUT2D eigenvalue weighted by molar-refractivity contribution is 6.30. The van der Waals surface area contributed by atoms with Gasteiger partial charge in [-0.15, -0.1) is 0 Å². The number of nitrogens with one attached hydrogen (secondary N) is 2. The van der Waals surface area contributed by atoms with Gasteiger partial charge in [0, 0.05) is 29.4 Å². The van der Waals surface area contributed by atoms with Gasteiger partial charge in [-0.1, -0.05) is 23.7 Å². The second-order valence-corrected chi connectivity index (χ2v) is 6.51. The third kappa shape index (κ3) is 4.60. The Morgan fingerprint density at radius 3 is 2.52 bits per heavy atom. The predicted octanol–water partition coefficient (Wildman–Crippen LogP) is 4.30. The first-order valence-electron chi connectivity index (χ1n) is 8.73. The number of nitrogens with zero attached hydrogens (tertiary/aromatic N) is 2. The van der Waals surface area contributed by atoms with Crippen molar-refractivity contribution in [2.75, 3.05) is 30.4 Å². The molecule has 27 heavy (non-hydrogen) atoms. The van der Waals surface area contributed by atoms with E-state index in [4.69, 9.17) is 21.1 Å². The lowest BCUT2D eigenvalue weighted by molar-refractivity contribution is 0.171. The van der Waals surface area contributed by atoms with E-state index in [9.17, 15) is 0 Å². The molecule has 0 atom stereocenters. The lowest BCUT2D eigenvalue weighted by Crippen LogP contribution is -2.15. The number of ether oxygens (including phenoxy) is 2. The highest BCUT2D eigenvalue weighted by Gasteiger charge is 2.12. The van der Waals surface area contributed by atoms with Crippen molar-refractivity contribution in [1.82, 2.24) is 9.97 Å². The molecule has 3 aromatic rings. The smallest absolute Gasteiger partial charge is 0.163 e. The largest absolute Gasteiger partial charge is 0.486 e. The van der Waals surface area contributed by atoms with Gasteiger partial charge in [-0.25, -0.2) is 9.97 Å². The molecule has 1 aliphatic heterocycles. The summed E-state index contributed by atoms with van der Waals surface area (Å²) >= 11 is 5.91. The maximum Gasteiger partial charge on any atom is 0.163 e. The van der Waals surface area contributed by atoms with Crippen LogP contribution in [-0.2, 0) is 6.42 Å². The molecule has 0 fully saturated rings. The number of fused-ring (bicyclic) bond motifs is 1. The minimum Gasteiger partial charge on any atom is -0.486 e. The molecule has 0 unspecified atom stereocenters. The van der Waals surface area contributed by atoms with Crippen LogP contribution in [0.2, 0.25) is 5.02 Å². The fourth-order valence-electron chi connectivity index (χ4n) is 2.78. The topological polar surface area (TPSA) is 68.3 Å². The van der Waals surface area contributed by atoms with Crippen LogP contribution in [-0.4, -0.2) is 29.7 Å². The summed E-state index contributed by atoms with van der Waals surface area (Å²) in [7, 11) is 0. The van der Waals surface area contributed by atoms with Crippen LogP contribution in [0.5, 0.6) is 11.5 Å². The fraction of sp³-hybridized carbons (Fsp3) is 0.200. The van der Waals surface area contributed by atoms with Crippen LogP contribution in [0.1, 0.15) is 5.56 Å². The first-order valence-corrected chi connectivity index (χ1v) is 9.11.